The number of rotatable bonds is 8. The summed E-state index contributed by atoms with van der Waals surface area (Å²) in [7, 11) is -1.28. The second-order valence-electron chi connectivity index (χ2n) is 8.49. The van der Waals surface area contributed by atoms with E-state index in [1.54, 1.807) is 12.1 Å². The highest BCUT2D eigenvalue weighted by Gasteiger charge is 2.44. The number of hydrogen-bond donors (Lipinski definition) is 0. The maximum Gasteiger partial charge on any atom is 0.134 e. The number of hydrogen-bond acceptors (Lipinski definition) is 2. The van der Waals surface area contributed by atoms with Gasteiger partial charge in [0.05, 0.1) is 8.95 Å². The van der Waals surface area contributed by atoms with Gasteiger partial charge in [0.25, 0.3) is 0 Å². The Balaban J connectivity index is 1.62. The van der Waals surface area contributed by atoms with Crippen LogP contribution in [-0.2, 0) is 0 Å². The molecule has 0 saturated heterocycles. The Morgan fingerprint density at radius 2 is 1.10 bits per heavy atom. The first-order chi connectivity index (χ1) is 15.0. The Labute approximate surface area is 201 Å². The molecule has 2 nitrogen and oxygen atoms in total. The van der Waals surface area contributed by atoms with Crippen molar-refractivity contribution in [2.24, 2.45) is 0 Å². The Morgan fingerprint density at radius 1 is 0.710 bits per heavy atom. The minimum Gasteiger partial charge on any atom is -0.483 e. The maximum absolute atomic E-state index is 13.6. The molecule has 0 radical (unpaired) electrons. The van der Waals surface area contributed by atoms with Crippen molar-refractivity contribution < 1.29 is 18.3 Å². The summed E-state index contributed by atoms with van der Waals surface area (Å²) in [5.41, 5.74) is 0. The molecule has 0 aromatic heterocycles. The van der Waals surface area contributed by atoms with E-state index in [9.17, 15) is 8.78 Å². The molecule has 31 heavy (non-hydrogen) atoms. The maximum atomic E-state index is 13.6. The van der Waals surface area contributed by atoms with Gasteiger partial charge in [-0.3, -0.25) is 0 Å². The van der Waals surface area contributed by atoms with Gasteiger partial charge in [-0.2, -0.15) is 10.0 Å². The van der Waals surface area contributed by atoms with Gasteiger partial charge in [0.1, 0.15) is 35.0 Å². The van der Waals surface area contributed by atoms with Gasteiger partial charge in [-0.1, -0.05) is 25.7 Å². The molecule has 2 saturated carbocycles. The third-order valence-corrected chi connectivity index (χ3v) is 12.5. The quantitative estimate of drug-likeness (QED) is 0.313. The normalized spacial score (nSPS) is 18.5. The van der Waals surface area contributed by atoms with E-state index >= 15 is 0 Å². The first-order valence-corrected chi connectivity index (χ1v) is 14.6. The minimum atomic E-state index is -1.28. The molecular weight excluding hydrogens is 550 g/mol. The highest BCUT2D eigenvalue weighted by atomic mass is 79.9. The van der Waals surface area contributed by atoms with E-state index in [0.29, 0.717) is 42.8 Å². The summed E-state index contributed by atoms with van der Waals surface area (Å²) in [6, 6.07) is 9.17. The van der Waals surface area contributed by atoms with Gasteiger partial charge in [-0.25, -0.2) is 8.78 Å². The molecular formula is C24H28Br2F2O2S. The van der Waals surface area contributed by atoms with Gasteiger partial charge in [0, 0.05) is 0 Å². The molecule has 0 spiro atoms. The third-order valence-electron chi connectivity index (χ3n) is 6.59. The van der Waals surface area contributed by atoms with Crippen molar-refractivity contribution in [1.29, 1.82) is 0 Å². The smallest absolute Gasteiger partial charge is 0.134 e. The molecule has 0 unspecified atom stereocenters. The largest absolute Gasteiger partial charge is 0.483 e. The molecule has 2 aliphatic rings. The highest BCUT2D eigenvalue weighted by molar-refractivity contribution is 9.10. The monoisotopic (exact) mass is 576 g/mol. The van der Waals surface area contributed by atoms with Crippen LogP contribution < -0.4 is 9.47 Å². The zero-order valence-corrected chi connectivity index (χ0v) is 21.4. The first-order valence-electron chi connectivity index (χ1n) is 10.9. The molecule has 7 heteroatoms. The summed E-state index contributed by atoms with van der Waals surface area (Å²) in [5.74, 6) is 2.02. The van der Waals surface area contributed by atoms with Gasteiger partial charge < -0.3 is 9.47 Å². The predicted octanol–water partition coefficient (Wildman–Crippen LogP) is 8.55. The average molecular weight is 578 g/mol. The Hall–Kier alpha value is -0.790. The molecule has 2 fully saturated rings. The highest BCUT2D eigenvalue weighted by Crippen LogP contribution is 2.64. The van der Waals surface area contributed by atoms with E-state index in [4.69, 9.17) is 9.47 Å². The number of halogens is 4. The van der Waals surface area contributed by atoms with Gasteiger partial charge in [-0.05, 0) is 104 Å². The minimum absolute atomic E-state index is 0.283. The van der Waals surface area contributed by atoms with Crippen LogP contribution in [0.5, 0.6) is 11.5 Å². The van der Waals surface area contributed by atoms with Crippen LogP contribution in [0.3, 0.4) is 0 Å². The molecule has 2 aliphatic carbocycles. The summed E-state index contributed by atoms with van der Waals surface area (Å²) in [4.78, 5) is 0. The summed E-state index contributed by atoms with van der Waals surface area (Å²) in [6.07, 6.45) is 9.89. The molecule has 4 rings (SSSR count). The van der Waals surface area contributed by atoms with Gasteiger partial charge >= 0.3 is 0 Å². The fourth-order valence-corrected chi connectivity index (χ4v) is 10.5. The van der Waals surface area contributed by atoms with E-state index in [1.165, 1.54) is 75.6 Å². The van der Waals surface area contributed by atoms with Crippen molar-refractivity contribution >= 4 is 41.9 Å². The molecule has 170 valence electrons. The molecule has 0 aliphatic heterocycles. The first kappa shape index (κ1) is 23.4. The lowest BCUT2D eigenvalue weighted by Crippen LogP contribution is -2.34. The van der Waals surface area contributed by atoms with Crippen molar-refractivity contribution in [2.45, 2.75) is 61.9 Å². The van der Waals surface area contributed by atoms with Crippen LogP contribution >= 0.6 is 41.9 Å². The van der Waals surface area contributed by atoms with E-state index < -0.39 is 10.0 Å². The molecule has 2 aromatic carbocycles. The van der Waals surface area contributed by atoms with Gasteiger partial charge in [0.2, 0.25) is 0 Å². The number of ether oxygens (including phenoxy) is 2. The van der Waals surface area contributed by atoms with E-state index in [1.807, 2.05) is 0 Å². The van der Waals surface area contributed by atoms with Crippen LogP contribution in [0, 0.1) is 11.6 Å². The standard InChI is InChI=1S/C24H28Br2F2O2S/c25-21-13-17(27)9-11-23(21)29-15-31(19-5-1-2-6-19,20-7-3-4-8-20)16-30-24-12-10-18(28)14-22(24)26/h9-14,19-20H,1-8,15-16H2. The molecule has 0 bridgehead atoms. The topological polar surface area (TPSA) is 18.5 Å². The molecule has 0 amide bonds. The lowest BCUT2D eigenvalue weighted by Gasteiger charge is -2.49. The zero-order valence-electron chi connectivity index (χ0n) is 17.4. The summed E-state index contributed by atoms with van der Waals surface area (Å²) in [5, 5.41) is 1.21. The van der Waals surface area contributed by atoms with Crippen LogP contribution in [0.25, 0.3) is 0 Å². The van der Waals surface area contributed by atoms with E-state index in [2.05, 4.69) is 31.9 Å². The Morgan fingerprint density at radius 3 is 1.45 bits per heavy atom. The fraction of sp³-hybridized carbons (Fsp3) is 0.500. The average Bonchev–Trinajstić information content (AvgIpc) is 3.45. The molecule has 0 atom stereocenters. The molecule has 0 N–H and O–H groups in total. The van der Waals surface area contributed by atoms with Crippen LogP contribution in [0.2, 0.25) is 0 Å². The lowest BCUT2D eigenvalue weighted by molar-refractivity contribution is 0.357. The van der Waals surface area contributed by atoms with E-state index in [-0.39, 0.29) is 11.6 Å². The van der Waals surface area contributed by atoms with Crippen LogP contribution in [0.4, 0.5) is 8.78 Å². The van der Waals surface area contributed by atoms with Crippen LogP contribution in [0.15, 0.2) is 45.3 Å². The Kier molecular flexibility index (Phi) is 7.86. The Bertz CT molecular complexity index is 826. The summed E-state index contributed by atoms with van der Waals surface area (Å²) < 4.78 is 41.2. The zero-order chi connectivity index (χ0) is 21.8. The van der Waals surface area contributed by atoms with Gasteiger partial charge in [0.15, 0.2) is 0 Å². The van der Waals surface area contributed by atoms with Crippen molar-refractivity contribution in [1.82, 2.24) is 0 Å². The second kappa shape index (κ2) is 10.4. The second-order valence-corrected chi connectivity index (χ2v) is 14.0. The molecule has 0 heterocycles. The molecule has 2 aromatic rings. The number of benzene rings is 2. The van der Waals surface area contributed by atoms with Crippen LogP contribution in [-0.4, -0.2) is 22.4 Å². The van der Waals surface area contributed by atoms with Crippen molar-refractivity contribution in [3.8, 4) is 11.5 Å². The fourth-order valence-electron chi connectivity index (χ4n) is 4.94. The van der Waals surface area contributed by atoms with E-state index in [0.717, 1.165) is 0 Å². The van der Waals surface area contributed by atoms with Crippen LogP contribution in [0.1, 0.15) is 51.4 Å². The SMILES string of the molecule is Fc1ccc(OCS(COc2ccc(F)cc2Br)(C2CCCC2)C2CCCC2)c(Br)c1. The van der Waals surface area contributed by atoms with Gasteiger partial charge in [-0.15, -0.1) is 0 Å². The third kappa shape index (κ3) is 5.41. The van der Waals surface area contributed by atoms with Crippen molar-refractivity contribution in [3.63, 3.8) is 0 Å². The summed E-state index contributed by atoms with van der Waals surface area (Å²) in [6.45, 7) is 0. The predicted molar refractivity (Wildman–Crippen MR) is 131 cm³/mol. The lowest BCUT2D eigenvalue weighted by atomic mass is 10.3. The van der Waals surface area contributed by atoms with Crippen molar-refractivity contribution in [2.75, 3.05) is 11.9 Å². The summed E-state index contributed by atoms with van der Waals surface area (Å²) >= 11 is 6.89. The van der Waals surface area contributed by atoms with Crippen molar-refractivity contribution in [3.05, 3.63) is 57.0 Å².